The summed E-state index contributed by atoms with van der Waals surface area (Å²) in [6, 6.07) is 0. The fourth-order valence-electron chi connectivity index (χ4n) is 3.18. The highest BCUT2D eigenvalue weighted by atomic mass is 32.2. The lowest BCUT2D eigenvalue weighted by Gasteiger charge is -2.30. The number of nitrogens with one attached hydrogen (secondary N) is 1. The number of thioether (sulfide) groups is 1. The molecule has 0 unspecified atom stereocenters. The zero-order valence-electron chi connectivity index (χ0n) is 21.8. The Balaban J connectivity index is 1.73. The standard InChI is InChI=1S/C24H44N2O9S/c1-21(27)3-4-23(28)25-7-10-30-11-12-31-13-14-32-15-16-33-17-18-34-19-20-35-24(29)26-8-5-22(36-2)6-9-26/h22H,3-20H2,1-2H3,(H,25,28). The summed E-state index contributed by atoms with van der Waals surface area (Å²) in [6.07, 6.45) is 4.37. The lowest BCUT2D eigenvalue weighted by atomic mass is 10.1. The second-order valence-electron chi connectivity index (χ2n) is 8.15. The largest absolute Gasteiger partial charge is 0.447 e. The first-order valence-corrected chi connectivity index (χ1v) is 13.9. The van der Waals surface area contributed by atoms with Crippen molar-refractivity contribution in [3.05, 3.63) is 0 Å². The summed E-state index contributed by atoms with van der Waals surface area (Å²) in [5, 5.41) is 3.34. The highest BCUT2D eigenvalue weighted by Crippen LogP contribution is 2.21. The van der Waals surface area contributed by atoms with Crippen molar-refractivity contribution in [3.8, 4) is 0 Å². The molecule has 0 aromatic heterocycles. The number of carbonyl (C=O) groups excluding carboxylic acids is 3. The molecule has 1 saturated heterocycles. The molecule has 0 aromatic rings. The van der Waals surface area contributed by atoms with Crippen LogP contribution in [0.3, 0.4) is 0 Å². The first kappa shape index (κ1) is 32.6. The van der Waals surface area contributed by atoms with E-state index in [1.165, 1.54) is 6.92 Å². The molecule has 36 heavy (non-hydrogen) atoms. The van der Waals surface area contributed by atoms with E-state index in [1.54, 1.807) is 4.90 Å². The number of nitrogens with zero attached hydrogens (tertiary/aromatic N) is 1. The molecule has 0 atom stereocenters. The molecule has 1 heterocycles. The van der Waals surface area contributed by atoms with Gasteiger partial charge in [0.05, 0.1) is 66.1 Å². The molecular formula is C24H44N2O9S. The van der Waals surface area contributed by atoms with Crippen LogP contribution in [-0.2, 0) is 38.0 Å². The second-order valence-corrected chi connectivity index (χ2v) is 9.29. The van der Waals surface area contributed by atoms with Gasteiger partial charge in [-0.3, -0.25) is 4.79 Å². The maximum Gasteiger partial charge on any atom is 0.409 e. The van der Waals surface area contributed by atoms with Gasteiger partial charge in [0.25, 0.3) is 0 Å². The smallest absolute Gasteiger partial charge is 0.409 e. The van der Waals surface area contributed by atoms with E-state index in [2.05, 4.69) is 11.6 Å². The van der Waals surface area contributed by atoms with Gasteiger partial charge in [0.2, 0.25) is 5.91 Å². The summed E-state index contributed by atoms with van der Waals surface area (Å²) in [5.74, 6) is -0.140. The topological polar surface area (TPSA) is 122 Å². The number of ketones is 1. The van der Waals surface area contributed by atoms with Crippen LogP contribution in [0.1, 0.15) is 32.6 Å². The normalized spacial score (nSPS) is 14.1. The minimum atomic E-state index is -0.258. The van der Waals surface area contributed by atoms with Gasteiger partial charge in [0, 0.05) is 37.7 Å². The summed E-state index contributed by atoms with van der Waals surface area (Å²) in [7, 11) is 0. The van der Waals surface area contributed by atoms with Crippen LogP contribution in [0.4, 0.5) is 4.79 Å². The van der Waals surface area contributed by atoms with Gasteiger partial charge in [-0.15, -0.1) is 0 Å². The van der Waals surface area contributed by atoms with E-state index in [0.717, 1.165) is 25.9 Å². The van der Waals surface area contributed by atoms with Gasteiger partial charge < -0.3 is 43.4 Å². The first-order chi connectivity index (χ1) is 17.5. The highest BCUT2D eigenvalue weighted by Gasteiger charge is 2.22. The zero-order chi connectivity index (χ0) is 26.3. The monoisotopic (exact) mass is 536 g/mol. The molecule has 2 amide bonds. The third-order valence-electron chi connectivity index (χ3n) is 5.25. The Kier molecular flexibility index (Phi) is 20.6. The van der Waals surface area contributed by atoms with Crippen LogP contribution in [0.15, 0.2) is 0 Å². The van der Waals surface area contributed by atoms with E-state index in [4.69, 9.17) is 28.4 Å². The maximum absolute atomic E-state index is 12.0. The number of amides is 2. The van der Waals surface area contributed by atoms with Crippen molar-refractivity contribution in [1.29, 1.82) is 0 Å². The Morgan fingerprint density at radius 2 is 1.22 bits per heavy atom. The molecule has 0 bridgehead atoms. The lowest BCUT2D eigenvalue weighted by Crippen LogP contribution is -2.39. The van der Waals surface area contributed by atoms with Gasteiger partial charge in [0.15, 0.2) is 0 Å². The van der Waals surface area contributed by atoms with E-state index in [0.29, 0.717) is 77.9 Å². The number of rotatable bonds is 22. The number of Topliss-reactive ketones (excluding diaryl/α,β-unsaturated/α-hetero) is 1. The second kappa shape index (κ2) is 22.7. The predicted molar refractivity (Wildman–Crippen MR) is 136 cm³/mol. The molecule has 0 aromatic carbocycles. The molecule has 11 nitrogen and oxygen atoms in total. The van der Waals surface area contributed by atoms with Gasteiger partial charge in [-0.05, 0) is 26.0 Å². The molecule has 12 heteroatoms. The third-order valence-corrected chi connectivity index (χ3v) is 6.39. The lowest BCUT2D eigenvalue weighted by molar-refractivity contribution is -0.124. The van der Waals surface area contributed by atoms with Crippen molar-refractivity contribution < 1.29 is 42.8 Å². The van der Waals surface area contributed by atoms with Gasteiger partial charge in [0.1, 0.15) is 12.4 Å². The van der Waals surface area contributed by atoms with Crippen molar-refractivity contribution in [2.75, 3.05) is 98.6 Å². The predicted octanol–water partition coefficient (Wildman–Crippen LogP) is 1.52. The molecular weight excluding hydrogens is 492 g/mol. The molecule has 0 spiro atoms. The van der Waals surface area contributed by atoms with E-state index >= 15 is 0 Å². The Morgan fingerprint density at radius 3 is 1.69 bits per heavy atom. The Bertz CT molecular complexity index is 590. The molecule has 0 aliphatic carbocycles. The average Bonchev–Trinajstić information content (AvgIpc) is 2.88. The van der Waals surface area contributed by atoms with Crippen LogP contribution in [-0.4, -0.2) is 126 Å². The summed E-state index contributed by atoms with van der Waals surface area (Å²) in [6.45, 7) is 8.01. The van der Waals surface area contributed by atoms with Crippen LogP contribution in [0.5, 0.6) is 0 Å². The molecule has 1 N–H and O–H groups in total. The number of hydrogen-bond donors (Lipinski definition) is 1. The third kappa shape index (κ3) is 18.8. The Morgan fingerprint density at radius 1 is 0.750 bits per heavy atom. The molecule has 1 aliphatic rings. The Labute approximate surface area is 219 Å². The molecule has 1 rings (SSSR count). The quantitative estimate of drug-likeness (QED) is 0.204. The Hall–Kier alpha value is -1.44. The van der Waals surface area contributed by atoms with Gasteiger partial charge >= 0.3 is 6.09 Å². The van der Waals surface area contributed by atoms with Crippen molar-refractivity contribution in [1.82, 2.24) is 10.2 Å². The van der Waals surface area contributed by atoms with Gasteiger partial charge in [-0.1, -0.05) is 0 Å². The molecule has 1 aliphatic heterocycles. The van der Waals surface area contributed by atoms with Crippen LogP contribution < -0.4 is 5.32 Å². The van der Waals surface area contributed by atoms with Crippen molar-refractivity contribution in [2.45, 2.75) is 37.9 Å². The first-order valence-electron chi connectivity index (χ1n) is 12.6. The zero-order valence-corrected chi connectivity index (χ0v) is 22.7. The number of piperidine rings is 1. The van der Waals surface area contributed by atoms with Crippen molar-refractivity contribution in [2.24, 2.45) is 0 Å². The average molecular weight is 537 g/mol. The molecule has 0 saturated carbocycles. The minimum Gasteiger partial charge on any atom is -0.447 e. The summed E-state index contributed by atoms with van der Waals surface area (Å²) in [5.41, 5.74) is 0. The number of carbonyl (C=O) groups is 3. The molecule has 210 valence electrons. The van der Waals surface area contributed by atoms with Gasteiger partial charge in [-0.2, -0.15) is 11.8 Å². The van der Waals surface area contributed by atoms with Crippen LogP contribution >= 0.6 is 11.8 Å². The number of likely N-dealkylation sites (tertiary alicyclic amines) is 1. The number of ether oxygens (including phenoxy) is 6. The summed E-state index contributed by atoms with van der Waals surface area (Å²) < 4.78 is 32.3. The molecule has 1 fully saturated rings. The SMILES string of the molecule is CSC1CCN(C(=O)OCCOCCOCCOCCOCCOCCNC(=O)CCC(C)=O)CC1. The van der Waals surface area contributed by atoms with Crippen molar-refractivity contribution >= 4 is 29.5 Å². The number of hydrogen-bond acceptors (Lipinski definition) is 10. The van der Waals surface area contributed by atoms with Crippen LogP contribution in [0.2, 0.25) is 0 Å². The fourth-order valence-corrected chi connectivity index (χ4v) is 3.86. The van der Waals surface area contributed by atoms with Crippen LogP contribution in [0, 0.1) is 0 Å². The van der Waals surface area contributed by atoms with Crippen molar-refractivity contribution in [3.63, 3.8) is 0 Å². The summed E-state index contributed by atoms with van der Waals surface area (Å²) in [4.78, 5) is 36.0. The highest BCUT2D eigenvalue weighted by molar-refractivity contribution is 7.99. The van der Waals surface area contributed by atoms with E-state index in [9.17, 15) is 14.4 Å². The maximum atomic E-state index is 12.0. The minimum absolute atomic E-state index is 0.00470. The molecule has 0 radical (unpaired) electrons. The van der Waals surface area contributed by atoms with E-state index in [-0.39, 0.29) is 37.2 Å². The van der Waals surface area contributed by atoms with E-state index in [1.807, 2.05) is 11.8 Å². The van der Waals surface area contributed by atoms with Crippen LogP contribution in [0.25, 0.3) is 0 Å². The summed E-state index contributed by atoms with van der Waals surface area (Å²) >= 11 is 1.86. The fraction of sp³-hybridized carbons (Fsp3) is 0.875. The van der Waals surface area contributed by atoms with E-state index < -0.39 is 0 Å². The van der Waals surface area contributed by atoms with Gasteiger partial charge in [-0.25, -0.2) is 4.79 Å².